The van der Waals surface area contributed by atoms with E-state index in [2.05, 4.69) is 45.3 Å². The van der Waals surface area contributed by atoms with E-state index in [1.807, 2.05) is 6.07 Å². The van der Waals surface area contributed by atoms with Crippen LogP contribution in [-0.2, 0) is 6.42 Å². The number of nitrogens with zero attached hydrogens (tertiary/aromatic N) is 1. The predicted octanol–water partition coefficient (Wildman–Crippen LogP) is 5.68. The Morgan fingerprint density at radius 2 is 1.90 bits per heavy atom. The van der Waals surface area contributed by atoms with Crippen molar-refractivity contribution in [1.82, 2.24) is 4.98 Å². The van der Waals surface area contributed by atoms with Crippen LogP contribution in [0.3, 0.4) is 0 Å². The quantitative estimate of drug-likeness (QED) is 0.450. The lowest BCUT2D eigenvalue weighted by molar-refractivity contribution is 0.102. The Morgan fingerprint density at radius 1 is 1.14 bits per heavy atom. The Balaban J connectivity index is 1.90. The number of carbonyl (C=O) groups is 1. The van der Waals surface area contributed by atoms with Gasteiger partial charge < -0.3 is 14.2 Å². The number of methoxy groups -OCH3 is 3. The number of unbranched alkanes of at least 4 members (excludes halogenated alkanes) is 1. The summed E-state index contributed by atoms with van der Waals surface area (Å²) >= 11 is 4.90. The topological polar surface area (TPSA) is 69.7 Å². The summed E-state index contributed by atoms with van der Waals surface area (Å²) in [7, 11) is 4.53. The van der Waals surface area contributed by atoms with E-state index in [9.17, 15) is 4.79 Å². The number of thiazole rings is 1. The van der Waals surface area contributed by atoms with Gasteiger partial charge in [-0.25, -0.2) is 4.98 Å². The number of rotatable bonds is 8. The van der Waals surface area contributed by atoms with Crippen LogP contribution in [0.5, 0.6) is 17.2 Å². The van der Waals surface area contributed by atoms with Crippen molar-refractivity contribution in [3.05, 3.63) is 39.9 Å². The van der Waals surface area contributed by atoms with Crippen LogP contribution >= 0.6 is 27.3 Å². The minimum atomic E-state index is -0.318. The molecular formula is C21H23BrN2O4S. The van der Waals surface area contributed by atoms with E-state index >= 15 is 0 Å². The van der Waals surface area contributed by atoms with Crippen molar-refractivity contribution < 1.29 is 19.0 Å². The van der Waals surface area contributed by atoms with Crippen LogP contribution in [0.2, 0.25) is 0 Å². The van der Waals surface area contributed by atoms with Gasteiger partial charge in [0.15, 0.2) is 16.6 Å². The molecule has 0 bridgehead atoms. The van der Waals surface area contributed by atoms with E-state index < -0.39 is 0 Å². The molecule has 154 valence electrons. The second-order valence-electron chi connectivity index (χ2n) is 6.39. The average molecular weight is 479 g/mol. The number of aryl methyl sites for hydroxylation is 1. The molecule has 8 heteroatoms. The maximum absolute atomic E-state index is 12.9. The Bertz CT molecular complexity index is 1040. The highest BCUT2D eigenvalue weighted by Gasteiger charge is 2.23. The van der Waals surface area contributed by atoms with Crippen LogP contribution in [0.4, 0.5) is 5.13 Å². The van der Waals surface area contributed by atoms with Gasteiger partial charge in [0, 0.05) is 0 Å². The van der Waals surface area contributed by atoms with Crippen LogP contribution in [0.1, 0.15) is 35.7 Å². The molecule has 3 rings (SSSR count). The number of benzene rings is 2. The molecule has 0 aliphatic heterocycles. The molecule has 0 atom stereocenters. The number of anilines is 1. The zero-order valence-corrected chi connectivity index (χ0v) is 19.2. The number of fused-ring (bicyclic) bond motifs is 1. The molecular weight excluding hydrogens is 456 g/mol. The van der Waals surface area contributed by atoms with Gasteiger partial charge in [-0.15, -0.1) is 0 Å². The Morgan fingerprint density at radius 3 is 2.55 bits per heavy atom. The molecule has 0 aliphatic carbocycles. The first-order valence-corrected chi connectivity index (χ1v) is 10.8. The van der Waals surface area contributed by atoms with Gasteiger partial charge >= 0.3 is 0 Å². The van der Waals surface area contributed by atoms with Crippen LogP contribution < -0.4 is 19.5 Å². The van der Waals surface area contributed by atoms with Crippen molar-refractivity contribution >= 4 is 48.5 Å². The first-order chi connectivity index (χ1) is 14.0. The summed E-state index contributed by atoms with van der Waals surface area (Å²) in [4.78, 5) is 17.5. The summed E-state index contributed by atoms with van der Waals surface area (Å²) < 4.78 is 17.6. The summed E-state index contributed by atoms with van der Waals surface area (Å²) in [5.41, 5.74) is 2.52. The molecule has 0 fully saturated rings. The largest absolute Gasteiger partial charge is 0.493 e. The lowest BCUT2D eigenvalue weighted by Crippen LogP contribution is -2.13. The molecule has 0 spiro atoms. The van der Waals surface area contributed by atoms with E-state index in [0.717, 1.165) is 29.5 Å². The number of halogens is 1. The molecule has 2 aromatic carbocycles. The Hall–Kier alpha value is -2.32. The molecule has 1 amide bonds. The van der Waals surface area contributed by atoms with Gasteiger partial charge in [-0.2, -0.15) is 0 Å². The third kappa shape index (κ3) is 4.48. The fourth-order valence-corrected chi connectivity index (χ4v) is 4.57. The lowest BCUT2D eigenvalue weighted by Gasteiger charge is -2.16. The number of hydrogen-bond donors (Lipinski definition) is 1. The first kappa shape index (κ1) is 21.4. The van der Waals surface area contributed by atoms with Crippen LogP contribution in [0.25, 0.3) is 10.2 Å². The maximum atomic E-state index is 12.9. The van der Waals surface area contributed by atoms with E-state index in [1.165, 1.54) is 38.2 Å². The summed E-state index contributed by atoms with van der Waals surface area (Å²) in [5, 5.41) is 3.42. The molecule has 0 radical (unpaired) electrons. The van der Waals surface area contributed by atoms with Gasteiger partial charge in [-0.05, 0) is 52.5 Å². The first-order valence-electron chi connectivity index (χ1n) is 9.21. The molecule has 3 aromatic rings. The molecule has 0 unspecified atom stereocenters. The highest BCUT2D eigenvalue weighted by atomic mass is 79.9. The smallest absolute Gasteiger partial charge is 0.258 e. The standard InChI is InChI=1S/C21H23BrN2O4S/c1-5-6-7-12-8-9-14-16(10-12)29-21(23-14)24-20(25)13-11-15(26-2)18(27-3)19(28-4)17(13)22/h8-11H,5-7H2,1-4H3,(H,23,24,25). The van der Waals surface area contributed by atoms with E-state index in [4.69, 9.17) is 14.2 Å². The minimum absolute atomic E-state index is 0.318. The molecule has 1 aromatic heterocycles. The monoisotopic (exact) mass is 478 g/mol. The fraction of sp³-hybridized carbons (Fsp3) is 0.333. The van der Waals surface area contributed by atoms with E-state index in [0.29, 0.717) is 32.4 Å². The number of amides is 1. The molecule has 0 saturated heterocycles. The van der Waals surface area contributed by atoms with Crippen LogP contribution in [0.15, 0.2) is 28.7 Å². The second kappa shape index (κ2) is 9.45. The van der Waals surface area contributed by atoms with Gasteiger partial charge in [-0.3, -0.25) is 10.1 Å². The van der Waals surface area contributed by atoms with Gasteiger partial charge in [0.2, 0.25) is 5.75 Å². The van der Waals surface area contributed by atoms with Crippen molar-refractivity contribution in [2.45, 2.75) is 26.2 Å². The van der Waals surface area contributed by atoms with Crippen molar-refractivity contribution in [3.8, 4) is 17.2 Å². The number of ether oxygens (including phenoxy) is 3. The molecule has 1 N–H and O–H groups in total. The van der Waals surface area contributed by atoms with Crippen LogP contribution in [-0.4, -0.2) is 32.2 Å². The molecule has 29 heavy (non-hydrogen) atoms. The normalized spacial score (nSPS) is 10.8. The fourth-order valence-electron chi connectivity index (χ4n) is 3.01. The molecule has 0 aliphatic rings. The summed E-state index contributed by atoms with van der Waals surface area (Å²) in [6, 6.07) is 7.85. The van der Waals surface area contributed by atoms with Crippen molar-refractivity contribution in [2.75, 3.05) is 26.6 Å². The predicted molar refractivity (Wildman–Crippen MR) is 120 cm³/mol. The summed E-state index contributed by atoms with van der Waals surface area (Å²) in [6.45, 7) is 2.18. The molecule has 0 saturated carbocycles. The number of hydrogen-bond acceptors (Lipinski definition) is 6. The van der Waals surface area contributed by atoms with Crippen molar-refractivity contribution in [1.29, 1.82) is 0 Å². The van der Waals surface area contributed by atoms with Gasteiger partial charge in [0.05, 0.1) is 41.6 Å². The summed E-state index contributed by atoms with van der Waals surface area (Å²) in [5.74, 6) is 0.892. The van der Waals surface area contributed by atoms with Gasteiger partial charge in [0.25, 0.3) is 5.91 Å². The van der Waals surface area contributed by atoms with Crippen molar-refractivity contribution in [2.24, 2.45) is 0 Å². The van der Waals surface area contributed by atoms with E-state index in [-0.39, 0.29) is 5.91 Å². The summed E-state index contributed by atoms with van der Waals surface area (Å²) in [6.07, 6.45) is 3.36. The van der Waals surface area contributed by atoms with Gasteiger partial charge in [-0.1, -0.05) is 30.7 Å². The van der Waals surface area contributed by atoms with Gasteiger partial charge in [0.1, 0.15) is 0 Å². The number of nitrogens with one attached hydrogen (secondary N) is 1. The second-order valence-corrected chi connectivity index (χ2v) is 8.21. The third-order valence-electron chi connectivity index (χ3n) is 4.51. The van der Waals surface area contributed by atoms with Crippen LogP contribution in [0, 0.1) is 0 Å². The zero-order chi connectivity index (χ0) is 21.0. The number of carbonyl (C=O) groups excluding carboxylic acids is 1. The third-order valence-corrected chi connectivity index (χ3v) is 6.23. The minimum Gasteiger partial charge on any atom is -0.493 e. The number of aromatic nitrogens is 1. The SMILES string of the molecule is CCCCc1ccc2nc(NC(=O)c3cc(OC)c(OC)c(OC)c3Br)sc2c1. The Labute approximate surface area is 182 Å². The molecule has 1 heterocycles. The van der Waals surface area contributed by atoms with E-state index in [1.54, 1.807) is 6.07 Å². The maximum Gasteiger partial charge on any atom is 0.258 e. The Kier molecular flexibility index (Phi) is 6.97. The zero-order valence-electron chi connectivity index (χ0n) is 16.8. The average Bonchev–Trinajstić information content (AvgIpc) is 3.12. The molecule has 6 nitrogen and oxygen atoms in total. The van der Waals surface area contributed by atoms with Crippen molar-refractivity contribution in [3.63, 3.8) is 0 Å². The lowest BCUT2D eigenvalue weighted by atomic mass is 10.1. The highest BCUT2D eigenvalue weighted by Crippen LogP contribution is 2.45. The highest BCUT2D eigenvalue weighted by molar-refractivity contribution is 9.10.